The van der Waals surface area contributed by atoms with Gasteiger partial charge in [0, 0.05) is 7.11 Å². The van der Waals surface area contributed by atoms with Crippen LogP contribution in [0.1, 0.15) is 0 Å². The molecule has 0 radical (unpaired) electrons. The van der Waals surface area contributed by atoms with E-state index in [9.17, 15) is 0 Å². The van der Waals surface area contributed by atoms with Crippen molar-refractivity contribution in [1.29, 1.82) is 0 Å². The summed E-state index contributed by atoms with van der Waals surface area (Å²) in [5.74, 6) is 0.828. The first-order valence-corrected chi connectivity index (χ1v) is 4.46. The first kappa shape index (κ1) is 8.80. The molecule has 60 valence electrons. The first-order chi connectivity index (χ1) is 5.33. The van der Waals surface area contributed by atoms with Gasteiger partial charge in [0.15, 0.2) is 0 Å². The van der Waals surface area contributed by atoms with E-state index in [2.05, 4.69) is 22.6 Å². The lowest BCUT2D eigenvalue weighted by Gasteiger charge is -2.09. The third kappa shape index (κ3) is 3.07. The Labute approximate surface area is 79.7 Å². The predicted molar refractivity (Wildman–Crippen MR) is 51.9 cm³/mol. The maximum Gasteiger partial charge on any atom is 0.251 e. The zero-order valence-electron chi connectivity index (χ0n) is 6.16. The Balaban J connectivity index is 2.51. The Kier molecular flexibility index (Phi) is 3.65. The van der Waals surface area contributed by atoms with Crippen LogP contribution in [0.4, 0.5) is 0 Å². The SMILES string of the molecule is COC(I)Oc1ccccc1. The average molecular weight is 264 g/mol. The van der Waals surface area contributed by atoms with E-state index in [1.165, 1.54) is 0 Å². The van der Waals surface area contributed by atoms with E-state index in [1.807, 2.05) is 30.3 Å². The van der Waals surface area contributed by atoms with E-state index in [1.54, 1.807) is 7.11 Å². The van der Waals surface area contributed by atoms with Crippen molar-refractivity contribution in [1.82, 2.24) is 0 Å². The van der Waals surface area contributed by atoms with Gasteiger partial charge in [0.05, 0.1) is 0 Å². The van der Waals surface area contributed by atoms with Crippen molar-refractivity contribution in [2.24, 2.45) is 0 Å². The highest BCUT2D eigenvalue weighted by molar-refractivity contribution is 14.1. The standard InChI is InChI=1S/C8H9IO2/c1-10-8(9)11-7-5-3-2-4-6-7/h2-6,8H,1H3. The molecular weight excluding hydrogens is 255 g/mol. The molecule has 0 aromatic heterocycles. The Bertz CT molecular complexity index is 201. The van der Waals surface area contributed by atoms with Crippen molar-refractivity contribution in [3.05, 3.63) is 30.3 Å². The van der Waals surface area contributed by atoms with Crippen LogP contribution in [-0.2, 0) is 4.74 Å². The lowest BCUT2D eigenvalue weighted by molar-refractivity contribution is 0.0326. The highest BCUT2D eigenvalue weighted by Gasteiger charge is 2.00. The first-order valence-electron chi connectivity index (χ1n) is 3.21. The minimum Gasteiger partial charge on any atom is -0.456 e. The van der Waals surface area contributed by atoms with Gasteiger partial charge in [-0.1, -0.05) is 18.2 Å². The monoisotopic (exact) mass is 264 g/mol. The number of halogens is 1. The number of para-hydroxylation sites is 1. The maximum atomic E-state index is 5.33. The van der Waals surface area contributed by atoms with Crippen LogP contribution >= 0.6 is 22.6 Å². The number of hydrogen-bond acceptors (Lipinski definition) is 2. The van der Waals surface area contributed by atoms with Gasteiger partial charge in [0.2, 0.25) is 0 Å². The van der Waals surface area contributed by atoms with Gasteiger partial charge in [0.1, 0.15) is 5.75 Å². The molecule has 1 unspecified atom stereocenters. The van der Waals surface area contributed by atoms with Crippen molar-refractivity contribution in [2.75, 3.05) is 7.11 Å². The van der Waals surface area contributed by atoms with Gasteiger partial charge >= 0.3 is 0 Å². The molecule has 0 aliphatic carbocycles. The van der Waals surface area contributed by atoms with Crippen LogP contribution in [0.5, 0.6) is 5.75 Å². The van der Waals surface area contributed by atoms with E-state index in [4.69, 9.17) is 9.47 Å². The van der Waals surface area contributed by atoms with Crippen molar-refractivity contribution in [3.63, 3.8) is 0 Å². The Hall–Kier alpha value is -0.290. The van der Waals surface area contributed by atoms with Gasteiger partial charge in [-0.2, -0.15) is 0 Å². The fourth-order valence-corrected chi connectivity index (χ4v) is 0.948. The second-order valence-electron chi connectivity index (χ2n) is 1.94. The Morgan fingerprint density at radius 3 is 2.45 bits per heavy atom. The van der Waals surface area contributed by atoms with Gasteiger partial charge < -0.3 is 9.47 Å². The van der Waals surface area contributed by atoms with Crippen molar-refractivity contribution < 1.29 is 9.47 Å². The number of ether oxygens (including phenoxy) is 2. The minimum absolute atomic E-state index is 0.213. The molecule has 1 atom stereocenters. The summed E-state index contributed by atoms with van der Waals surface area (Å²) in [6.45, 7) is 0. The van der Waals surface area contributed by atoms with E-state index in [0.717, 1.165) is 5.75 Å². The zero-order chi connectivity index (χ0) is 8.10. The molecule has 0 spiro atoms. The Morgan fingerprint density at radius 1 is 1.27 bits per heavy atom. The molecular formula is C8H9IO2. The quantitative estimate of drug-likeness (QED) is 0.474. The van der Waals surface area contributed by atoms with Gasteiger partial charge in [-0.15, -0.1) is 0 Å². The molecule has 0 heterocycles. The van der Waals surface area contributed by atoms with Crippen LogP contribution in [0.3, 0.4) is 0 Å². The molecule has 1 aromatic rings. The fraction of sp³-hybridized carbons (Fsp3) is 0.250. The second-order valence-corrected chi connectivity index (χ2v) is 2.96. The largest absolute Gasteiger partial charge is 0.456 e. The second kappa shape index (κ2) is 4.56. The summed E-state index contributed by atoms with van der Waals surface area (Å²) < 4.78 is 10.0. The summed E-state index contributed by atoms with van der Waals surface area (Å²) in [6, 6.07) is 9.58. The molecule has 0 saturated heterocycles. The van der Waals surface area contributed by atoms with Gasteiger partial charge in [-0.3, -0.25) is 0 Å². The molecule has 11 heavy (non-hydrogen) atoms. The molecule has 3 heteroatoms. The summed E-state index contributed by atoms with van der Waals surface area (Å²) in [6.07, 6.45) is 0. The molecule has 1 rings (SSSR count). The highest BCUT2D eigenvalue weighted by Crippen LogP contribution is 2.13. The summed E-state index contributed by atoms with van der Waals surface area (Å²) >= 11 is 2.06. The number of benzene rings is 1. The molecule has 2 nitrogen and oxygen atoms in total. The molecule has 0 N–H and O–H groups in total. The van der Waals surface area contributed by atoms with Gasteiger partial charge in [-0.05, 0) is 34.7 Å². The maximum absolute atomic E-state index is 5.33. The van der Waals surface area contributed by atoms with Crippen molar-refractivity contribution in [3.8, 4) is 5.75 Å². The summed E-state index contributed by atoms with van der Waals surface area (Å²) in [5, 5.41) is 0. The van der Waals surface area contributed by atoms with E-state index in [-0.39, 0.29) is 4.30 Å². The van der Waals surface area contributed by atoms with Crippen LogP contribution in [0, 0.1) is 0 Å². The van der Waals surface area contributed by atoms with Gasteiger partial charge in [0.25, 0.3) is 4.30 Å². The number of methoxy groups -OCH3 is 1. The molecule has 0 fully saturated rings. The number of hydrogen-bond donors (Lipinski definition) is 0. The molecule has 0 aliphatic heterocycles. The zero-order valence-corrected chi connectivity index (χ0v) is 8.32. The van der Waals surface area contributed by atoms with E-state index in [0.29, 0.717) is 0 Å². The summed E-state index contributed by atoms with van der Waals surface area (Å²) in [5.41, 5.74) is 0. The average Bonchev–Trinajstić information content (AvgIpc) is 2.06. The third-order valence-corrected chi connectivity index (χ3v) is 1.92. The molecule has 0 saturated carbocycles. The molecule has 0 aliphatic rings. The van der Waals surface area contributed by atoms with Crippen LogP contribution in [0.2, 0.25) is 0 Å². The topological polar surface area (TPSA) is 18.5 Å². The van der Waals surface area contributed by atoms with Crippen molar-refractivity contribution >= 4 is 22.6 Å². The van der Waals surface area contributed by atoms with E-state index < -0.39 is 0 Å². The predicted octanol–water partition coefficient (Wildman–Crippen LogP) is 2.43. The van der Waals surface area contributed by atoms with Crippen LogP contribution in [0.25, 0.3) is 0 Å². The lowest BCUT2D eigenvalue weighted by atomic mass is 10.3. The summed E-state index contributed by atoms with van der Waals surface area (Å²) in [4.78, 5) is 0. The normalized spacial score (nSPS) is 12.5. The minimum atomic E-state index is -0.213. The third-order valence-electron chi connectivity index (χ3n) is 1.16. The van der Waals surface area contributed by atoms with Crippen LogP contribution in [0.15, 0.2) is 30.3 Å². The van der Waals surface area contributed by atoms with Crippen molar-refractivity contribution in [2.45, 2.75) is 4.30 Å². The smallest absolute Gasteiger partial charge is 0.251 e. The van der Waals surface area contributed by atoms with Crippen LogP contribution in [-0.4, -0.2) is 11.4 Å². The van der Waals surface area contributed by atoms with E-state index >= 15 is 0 Å². The lowest BCUT2D eigenvalue weighted by Crippen LogP contribution is -2.09. The number of alkyl halides is 1. The summed E-state index contributed by atoms with van der Waals surface area (Å²) in [7, 11) is 1.61. The molecule has 0 bridgehead atoms. The fourth-order valence-electron chi connectivity index (χ4n) is 0.654. The van der Waals surface area contributed by atoms with Crippen LogP contribution < -0.4 is 4.74 Å². The highest BCUT2D eigenvalue weighted by atomic mass is 127. The number of rotatable bonds is 3. The molecule has 0 amide bonds. The Morgan fingerprint density at radius 2 is 1.91 bits per heavy atom. The van der Waals surface area contributed by atoms with Gasteiger partial charge in [-0.25, -0.2) is 0 Å². The molecule has 1 aromatic carbocycles.